The van der Waals surface area contributed by atoms with Crippen LogP contribution in [0.5, 0.6) is 0 Å². The maximum atomic E-state index is 4.58. The molecule has 0 saturated carbocycles. The maximum absolute atomic E-state index is 4.58. The van der Waals surface area contributed by atoms with Gasteiger partial charge in [0.05, 0.1) is 0 Å². The van der Waals surface area contributed by atoms with Crippen LogP contribution in [0, 0.1) is 5.92 Å². The quantitative estimate of drug-likeness (QED) is 0.869. The standard InChI is InChI=1S/C13H22N4/c1-4-14-13-15-8-7-12(16-13)17-9-5-6-11(17)10(2)3/h7-8,10-11H,4-6,9H2,1-3H3,(H,14,15,16). The highest BCUT2D eigenvalue weighted by molar-refractivity contribution is 5.44. The van der Waals surface area contributed by atoms with Crippen molar-refractivity contribution in [3.8, 4) is 0 Å². The normalized spacial score (nSPS) is 20.0. The van der Waals surface area contributed by atoms with Crippen LogP contribution in [0.25, 0.3) is 0 Å². The van der Waals surface area contributed by atoms with Gasteiger partial charge in [-0.1, -0.05) is 13.8 Å². The van der Waals surface area contributed by atoms with Crippen LogP contribution < -0.4 is 10.2 Å². The first-order valence-corrected chi connectivity index (χ1v) is 6.56. The van der Waals surface area contributed by atoms with Crippen molar-refractivity contribution in [3.63, 3.8) is 0 Å². The highest BCUT2D eigenvalue weighted by Gasteiger charge is 2.28. The van der Waals surface area contributed by atoms with E-state index < -0.39 is 0 Å². The minimum Gasteiger partial charge on any atom is -0.354 e. The number of anilines is 2. The Bertz CT molecular complexity index is 364. The fourth-order valence-corrected chi connectivity index (χ4v) is 2.52. The Hall–Kier alpha value is -1.32. The van der Waals surface area contributed by atoms with Gasteiger partial charge in [0.15, 0.2) is 0 Å². The van der Waals surface area contributed by atoms with Gasteiger partial charge in [-0.15, -0.1) is 0 Å². The lowest BCUT2D eigenvalue weighted by Crippen LogP contribution is -2.34. The predicted molar refractivity (Wildman–Crippen MR) is 71.4 cm³/mol. The first-order chi connectivity index (χ1) is 8.22. The van der Waals surface area contributed by atoms with Crippen LogP contribution in [0.2, 0.25) is 0 Å². The van der Waals surface area contributed by atoms with Crippen molar-refractivity contribution < 1.29 is 0 Å². The molecule has 1 aromatic heterocycles. The molecule has 4 nitrogen and oxygen atoms in total. The van der Waals surface area contributed by atoms with E-state index in [4.69, 9.17) is 0 Å². The molecule has 1 aliphatic heterocycles. The fourth-order valence-electron chi connectivity index (χ4n) is 2.52. The Kier molecular flexibility index (Phi) is 3.82. The molecule has 0 aromatic carbocycles. The molecule has 0 amide bonds. The predicted octanol–water partition coefficient (Wildman–Crippen LogP) is 2.53. The van der Waals surface area contributed by atoms with E-state index >= 15 is 0 Å². The van der Waals surface area contributed by atoms with Crippen molar-refractivity contribution in [3.05, 3.63) is 12.3 Å². The topological polar surface area (TPSA) is 41.1 Å². The lowest BCUT2D eigenvalue weighted by atomic mass is 10.0. The number of rotatable bonds is 4. The Morgan fingerprint density at radius 3 is 3.06 bits per heavy atom. The van der Waals surface area contributed by atoms with Gasteiger partial charge in [0.2, 0.25) is 5.95 Å². The van der Waals surface area contributed by atoms with E-state index in [0.717, 1.165) is 24.9 Å². The number of nitrogens with zero attached hydrogens (tertiary/aromatic N) is 3. The SMILES string of the molecule is CCNc1nccc(N2CCCC2C(C)C)n1. The molecule has 0 bridgehead atoms. The summed E-state index contributed by atoms with van der Waals surface area (Å²) in [6.45, 7) is 8.61. The molecule has 1 aromatic rings. The van der Waals surface area contributed by atoms with Crippen LogP contribution in [0.1, 0.15) is 33.6 Å². The number of hydrogen-bond acceptors (Lipinski definition) is 4. The van der Waals surface area contributed by atoms with Crippen molar-refractivity contribution in [1.82, 2.24) is 9.97 Å². The van der Waals surface area contributed by atoms with Crippen molar-refractivity contribution >= 4 is 11.8 Å². The van der Waals surface area contributed by atoms with Gasteiger partial charge in [0, 0.05) is 25.3 Å². The molecule has 1 atom stereocenters. The van der Waals surface area contributed by atoms with Gasteiger partial charge in [0.1, 0.15) is 5.82 Å². The van der Waals surface area contributed by atoms with Gasteiger partial charge in [-0.25, -0.2) is 4.98 Å². The largest absolute Gasteiger partial charge is 0.354 e. The average Bonchev–Trinajstić information content (AvgIpc) is 2.79. The van der Waals surface area contributed by atoms with Crippen molar-refractivity contribution in [2.45, 2.75) is 39.7 Å². The van der Waals surface area contributed by atoms with Crippen LogP contribution in [0.4, 0.5) is 11.8 Å². The zero-order valence-electron chi connectivity index (χ0n) is 11.0. The monoisotopic (exact) mass is 234 g/mol. The third kappa shape index (κ3) is 2.68. The van der Waals surface area contributed by atoms with Crippen LogP contribution in [-0.4, -0.2) is 29.1 Å². The molecule has 17 heavy (non-hydrogen) atoms. The minimum atomic E-state index is 0.624. The van der Waals surface area contributed by atoms with Crippen LogP contribution in [0.15, 0.2) is 12.3 Å². The summed E-state index contributed by atoms with van der Waals surface area (Å²) in [7, 11) is 0. The molecule has 1 aliphatic rings. The summed E-state index contributed by atoms with van der Waals surface area (Å²) in [5.74, 6) is 2.47. The third-order valence-electron chi connectivity index (χ3n) is 3.34. The summed E-state index contributed by atoms with van der Waals surface area (Å²) in [4.78, 5) is 11.2. The van der Waals surface area contributed by atoms with Crippen molar-refractivity contribution in [2.24, 2.45) is 5.92 Å². The summed E-state index contributed by atoms with van der Waals surface area (Å²) in [5.41, 5.74) is 0. The van der Waals surface area contributed by atoms with E-state index in [1.807, 2.05) is 12.3 Å². The van der Waals surface area contributed by atoms with Crippen molar-refractivity contribution in [2.75, 3.05) is 23.3 Å². The highest BCUT2D eigenvalue weighted by Crippen LogP contribution is 2.28. The molecular formula is C13H22N4. The molecule has 0 radical (unpaired) electrons. The zero-order valence-corrected chi connectivity index (χ0v) is 11.0. The summed E-state index contributed by atoms with van der Waals surface area (Å²) in [6.07, 6.45) is 4.39. The molecule has 0 aliphatic carbocycles. The molecule has 0 spiro atoms. The van der Waals surface area contributed by atoms with Crippen LogP contribution in [-0.2, 0) is 0 Å². The smallest absolute Gasteiger partial charge is 0.224 e. The third-order valence-corrected chi connectivity index (χ3v) is 3.34. The van der Waals surface area contributed by atoms with Gasteiger partial charge in [-0.2, -0.15) is 4.98 Å². The van der Waals surface area contributed by atoms with E-state index in [-0.39, 0.29) is 0 Å². The number of aromatic nitrogens is 2. The Morgan fingerprint density at radius 2 is 2.35 bits per heavy atom. The van der Waals surface area contributed by atoms with Gasteiger partial charge >= 0.3 is 0 Å². The molecular weight excluding hydrogens is 212 g/mol. The van der Waals surface area contributed by atoms with Gasteiger partial charge < -0.3 is 10.2 Å². The lowest BCUT2D eigenvalue weighted by molar-refractivity contribution is 0.489. The Morgan fingerprint density at radius 1 is 1.53 bits per heavy atom. The van der Waals surface area contributed by atoms with E-state index in [2.05, 4.69) is 41.0 Å². The molecule has 1 fully saturated rings. The van der Waals surface area contributed by atoms with Gasteiger partial charge in [0.25, 0.3) is 0 Å². The zero-order chi connectivity index (χ0) is 12.3. The molecule has 1 saturated heterocycles. The second-order valence-electron chi connectivity index (χ2n) is 4.92. The summed E-state index contributed by atoms with van der Waals surface area (Å²) < 4.78 is 0. The van der Waals surface area contributed by atoms with Gasteiger partial charge in [-0.05, 0) is 31.7 Å². The highest BCUT2D eigenvalue weighted by atomic mass is 15.3. The summed E-state index contributed by atoms with van der Waals surface area (Å²) in [6, 6.07) is 2.64. The second kappa shape index (κ2) is 5.34. The Labute approximate surface area is 103 Å². The van der Waals surface area contributed by atoms with Crippen LogP contribution >= 0.6 is 0 Å². The summed E-state index contributed by atoms with van der Waals surface area (Å²) in [5, 5.41) is 3.17. The van der Waals surface area contributed by atoms with Gasteiger partial charge in [-0.3, -0.25) is 0 Å². The lowest BCUT2D eigenvalue weighted by Gasteiger charge is -2.28. The van der Waals surface area contributed by atoms with E-state index in [1.54, 1.807) is 0 Å². The van der Waals surface area contributed by atoms with E-state index in [1.165, 1.54) is 12.8 Å². The molecule has 2 heterocycles. The number of nitrogens with one attached hydrogen (secondary N) is 1. The average molecular weight is 234 g/mol. The molecule has 94 valence electrons. The first-order valence-electron chi connectivity index (χ1n) is 6.56. The molecule has 1 unspecified atom stereocenters. The van der Waals surface area contributed by atoms with E-state index in [0.29, 0.717) is 12.0 Å². The van der Waals surface area contributed by atoms with Crippen LogP contribution in [0.3, 0.4) is 0 Å². The minimum absolute atomic E-state index is 0.624. The number of hydrogen-bond donors (Lipinski definition) is 1. The second-order valence-corrected chi connectivity index (χ2v) is 4.92. The molecule has 2 rings (SSSR count). The molecule has 4 heteroatoms. The first kappa shape index (κ1) is 12.1. The molecule has 1 N–H and O–H groups in total. The summed E-state index contributed by atoms with van der Waals surface area (Å²) >= 11 is 0. The van der Waals surface area contributed by atoms with E-state index in [9.17, 15) is 0 Å². The van der Waals surface area contributed by atoms with Crippen molar-refractivity contribution in [1.29, 1.82) is 0 Å². The maximum Gasteiger partial charge on any atom is 0.224 e. The fraction of sp³-hybridized carbons (Fsp3) is 0.692. The Balaban J connectivity index is 2.18.